The molecule has 0 aliphatic heterocycles. The summed E-state index contributed by atoms with van der Waals surface area (Å²) < 4.78 is 0. The highest BCUT2D eigenvalue weighted by Gasteiger charge is 1.72. The lowest BCUT2D eigenvalue weighted by atomic mass is 11.0. The lowest BCUT2D eigenvalue weighted by Gasteiger charge is -1.46. The zero-order valence-electron chi connectivity index (χ0n) is 4.80. The van der Waals surface area contributed by atoms with E-state index in [1.54, 1.807) is 0 Å². The highest BCUT2D eigenvalue weighted by Crippen LogP contribution is 1.30. The molecule has 0 spiro atoms. The quantitative estimate of drug-likeness (QED) is 0.480. The van der Waals surface area contributed by atoms with E-state index < -0.39 is 0 Å². The second-order valence-electron chi connectivity index (χ2n) is 0.753. The van der Waals surface area contributed by atoms with Crippen LogP contribution in [0, 0.1) is 0 Å². The second kappa shape index (κ2) is 4.04. The van der Waals surface area contributed by atoms with Crippen LogP contribution in [0.3, 0.4) is 0 Å². The van der Waals surface area contributed by atoms with Crippen molar-refractivity contribution in [3.05, 3.63) is 10.5 Å². The average Bonchev–Trinajstić information content (AvgIpc) is 2.24. The molecule has 0 atom stereocenters. The molecule has 0 aliphatic rings. The van der Waals surface area contributed by atoms with Crippen LogP contribution >= 0.6 is 0 Å². The van der Waals surface area contributed by atoms with Gasteiger partial charge in [0.15, 0.2) is 0 Å². The molecular formula is C3H8N4O. The SMILES string of the molecule is CC.O=c1[nH]nn[nH]1. The molecule has 5 heteroatoms. The molecule has 2 N–H and O–H groups in total. The monoisotopic (exact) mass is 116 g/mol. The molecule has 0 amide bonds. The largest absolute Gasteiger partial charge is 0.358 e. The second-order valence-corrected chi connectivity index (χ2v) is 0.753. The molecule has 1 heterocycles. The molecule has 5 nitrogen and oxygen atoms in total. The first-order chi connectivity index (χ1) is 3.89. The molecule has 0 bridgehead atoms. The van der Waals surface area contributed by atoms with Gasteiger partial charge < -0.3 is 0 Å². The Bertz CT molecular complexity index is 149. The lowest BCUT2D eigenvalue weighted by Crippen LogP contribution is -2.00. The van der Waals surface area contributed by atoms with Crippen molar-refractivity contribution in [2.75, 3.05) is 0 Å². The summed E-state index contributed by atoms with van der Waals surface area (Å²) in [5, 5.41) is 10.2. The predicted octanol–water partition coefficient (Wildman–Crippen LogP) is -0.481. The van der Waals surface area contributed by atoms with E-state index in [0.29, 0.717) is 0 Å². The van der Waals surface area contributed by atoms with Crippen LogP contribution in [0.2, 0.25) is 0 Å². The fourth-order valence-electron chi connectivity index (χ4n) is 0.166. The highest BCUT2D eigenvalue weighted by atomic mass is 16.2. The van der Waals surface area contributed by atoms with E-state index in [2.05, 4.69) is 10.4 Å². The van der Waals surface area contributed by atoms with Crippen molar-refractivity contribution in [2.24, 2.45) is 0 Å². The smallest absolute Gasteiger partial charge is 0.245 e. The normalized spacial score (nSPS) is 7.25. The van der Waals surface area contributed by atoms with Gasteiger partial charge in [0.25, 0.3) is 0 Å². The fourth-order valence-corrected chi connectivity index (χ4v) is 0.166. The van der Waals surface area contributed by atoms with Gasteiger partial charge in [0.2, 0.25) is 0 Å². The topological polar surface area (TPSA) is 74.4 Å². The first-order valence-corrected chi connectivity index (χ1v) is 2.35. The van der Waals surface area contributed by atoms with Crippen LogP contribution in [0.4, 0.5) is 0 Å². The van der Waals surface area contributed by atoms with Crippen LogP contribution in [0.5, 0.6) is 0 Å². The van der Waals surface area contributed by atoms with Gasteiger partial charge in [-0.3, -0.25) is 0 Å². The van der Waals surface area contributed by atoms with Crippen LogP contribution < -0.4 is 5.69 Å². The molecule has 0 saturated carbocycles. The highest BCUT2D eigenvalue weighted by molar-refractivity contribution is 4.36. The van der Waals surface area contributed by atoms with Crippen LogP contribution in [0.1, 0.15) is 13.8 Å². The molecule has 0 unspecified atom stereocenters. The Hall–Kier alpha value is -1.13. The van der Waals surface area contributed by atoms with Gasteiger partial charge >= 0.3 is 5.69 Å². The van der Waals surface area contributed by atoms with E-state index in [-0.39, 0.29) is 5.69 Å². The Labute approximate surface area is 46.1 Å². The van der Waals surface area contributed by atoms with Crippen molar-refractivity contribution in [3.8, 4) is 0 Å². The first kappa shape index (κ1) is 6.87. The molecule has 1 aromatic heterocycles. The van der Waals surface area contributed by atoms with Gasteiger partial charge in [0.1, 0.15) is 0 Å². The minimum absolute atomic E-state index is 0.380. The number of aromatic nitrogens is 4. The predicted molar refractivity (Wildman–Crippen MR) is 28.4 cm³/mol. The average molecular weight is 116 g/mol. The van der Waals surface area contributed by atoms with Crippen molar-refractivity contribution in [3.63, 3.8) is 0 Å². The minimum Gasteiger partial charge on any atom is -0.245 e. The summed E-state index contributed by atoms with van der Waals surface area (Å²) in [5.41, 5.74) is -0.380. The number of tetrazole rings is 1. The minimum atomic E-state index is -0.380. The van der Waals surface area contributed by atoms with Crippen LogP contribution in [-0.4, -0.2) is 20.6 Å². The summed E-state index contributed by atoms with van der Waals surface area (Å²) in [5.74, 6) is 0. The molecular weight excluding hydrogens is 108 g/mol. The molecule has 8 heavy (non-hydrogen) atoms. The molecule has 1 rings (SSSR count). The number of nitrogens with zero attached hydrogens (tertiary/aromatic N) is 2. The number of aromatic amines is 2. The number of hydrogen-bond acceptors (Lipinski definition) is 3. The van der Waals surface area contributed by atoms with Gasteiger partial charge in [0, 0.05) is 0 Å². The van der Waals surface area contributed by atoms with Crippen LogP contribution in [0.25, 0.3) is 0 Å². The maximum atomic E-state index is 9.83. The van der Waals surface area contributed by atoms with Gasteiger partial charge in [-0.15, -0.1) is 0 Å². The van der Waals surface area contributed by atoms with E-state index in [1.807, 2.05) is 24.0 Å². The van der Waals surface area contributed by atoms with E-state index in [0.717, 1.165) is 0 Å². The first-order valence-electron chi connectivity index (χ1n) is 2.35. The van der Waals surface area contributed by atoms with E-state index in [4.69, 9.17) is 0 Å². The summed E-state index contributed by atoms with van der Waals surface area (Å²) in [6.07, 6.45) is 0. The number of hydrogen-bond donors (Lipinski definition) is 2. The molecule has 0 saturated heterocycles. The summed E-state index contributed by atoms with van der Waals surface area (Å²) in [6.45, 7) is 4.00. The maximum absolute atomic E-state index is 9.83. The number of rotatable bonds is 0. The van der Waals surface area contributed by atoms with Crippen LogP contribution in [-0.2, 0) is 0 Å². The van der Waals surface area contributed by atoms with Gasteiger partial charge in [-0.2, -0.15) is 0 Å². The molecule has 46 valence electrons. The van der Waals surface area contributed by atoms with Crippen molar-refractivity contribution in [2.45, 2.75) is 13.8 Å². The fraction of sp³-hybridized carbons (Fsp3) is 0.667. The Morgan fingerprint density at radius 2 is 1.62 bits per heavy atom. The van der Waals surface area contributed by atoms with Crippen molar-refractivity contribution >= 4 is 0 Å². The number of H-pyrrole nitrogens is 2. The Morgan fingerprint density at radius 1 is 1.25 bits per heavy atom. The van der Waals surface area contributed by atoms with Crippen molar-refractivity contribution in [1.29, 1.82) is 0 Å². The van der Waals surface area contributed by atoms with Gasteiger partial charge in [-0.25, -0.2) is 15.0 Å². The Balaban J connectivity index is 0.000000222. The molecule has 1 aromatic rings. The van der Waals surface area contributed by atoms with Crippen LogP contribution in [0.15, 0.2) is 4.79 Å². The Morgan fingerprint density at radius 3 is 1.75 bits per heavy atom. The summed E-state index contributed by atoms with van der Waals surface area (Å²) in [7, 11) is 0. The third-order valence-electron chi connectivity index (χ3n) is 0.353. The molecule has 0 aliphatic carbocycles. The summed E-state index contributed by atoms with van der Waals surface area (Å²) in [6, 6.07) is 0. The van der Waals surface area contributed by atoms with E-state index in [9.17, 15) is 4.79 Å². The van der Waals surface area contributed by atoms with Gasteiger partial charge in [-0.05, 0) is 10.4 Å². The molecule has 0 fully saturated rings. The third-order valence-corrected chi connectivity index (χ3v) is 0.353. The van der Waals surface area contributed by atoms with Crippen molar-refractivity contribution in [1.82, 2.24) is 20.6 Å². The third kappa shape index (κ3) is 2.12. The van der Waals surface area contributed by atoms with E-state index >= 15 is 0 Å². The number of nitrogens with one attached hydrogen (secondary N) is 2. The lowest BCUT2D eigenvalue weighted by molar-refractivity contribution is 0.881. The molecule has 0 radical (unpaired) electrons. The zero-order valence-corrected chi connectivity index (χ0v) is 4.80. The summed E-state index contributed by atoms with van der Waals surface area (Å²) >= 11 is 0. The van der Waals surface area contributed by atoms with Gasteiger partial charge in [-0.1, -0.05) is 13.8 Å². The van der Waals surface area contributed by atoms with E-state index in [1.165, 1.54) is 0 Å². The maximum Gasteiger partial charge on any atom is 0.358 e. The van der Waals surface area contributed by atoms with Gasteiger partial charge in [0.05, 0.1) is 0 Å². The molecule has 0 aromatic carbocycles. The van der Waals surface area contributed by atoms with Crippen molar-refractivity contribution < 1.29 is 0 Å². The standard InChI is InChI=1S/C2H6.CH2N4O/c1-2;6-1-2-4-5-3-1/h1-2H3;(H2,2,3,4,5,6). The zero-order chi connectivity index (χ0) is 6.41. The summed E-state index contributed by atoms with van der Waals surface area (Å²) in [4.78, 5) is 9.83. The Kier molecular flexibility index (Phi) is 3.47.